The summed E-state index contributed by atoms with van der Waals surface area (Å²) in [4.78, 5) is 25.1. The highest BCUT2D eigenvalue weighted by atomic mass is 16.5. The van der Waals surface area contributed by atoms with Crippen LogP contribution in [-0.2, 0) is 9.53 Å². The summed E-state index contributed by atoms with van der Waals surface area (Å²) < 4.78 is 17.7. The van der Waals surface area contributed by atoms with Crippen molar-refractivity contribution in [3.05, 3.63) is 70.9 Å². The number of nitrogens with one attached hydrogen (secondary N) is 1. The monoisotopic (exact) mass is 447 g/mol. The molecule has 2 aromatic carbocycles. The van der Waals surface area contributed by atoms with Crippen molar-refractivity contribution in [2.45, 2.75) is 20.8 Å². The predicted molar refractivity (Wildman–Crippen MR) is 123 cm³/mol. The van der Waals surface area contributed by atoms with Gasteiger partial charge in [0.1, 0.15) is 11.9 Å². The number of nitrogens with zero attached hydrogens (tertiary/aromatic N) is 2. The number of esters is 1. The van der Waals surface area contributed by atoms with E-state index in [1.165, 1.54) is 19.2 Å². The summed E-state index contributed by atoms with van der Waals surface area (Å²) in [5, 5.41) is 12.4. The zero-order valence-corrected chi connectivity index (χ0v) is 19.0. The summed E-state index contributed by atoms with van der Waals surface area (Å²) in [6.07, 6.45) is 0. The van der Waals surface area contributed by atoms with Crippen LogP contribution >= 0.6 is 0 Å². The van der Waals surface area contributed by atoms with E-state index in [4.69, 9.17) is 14.2 Å². The van der Waals surface area contributed by atoms with E-state index in [1.54, 1.807) is 10.6 Å². The van der Waals surface area contributed by atoms with Crippen molar-refractivity contribution in [2.75, 3.05) is 25.6 Å². The van der Waals surface area contributed by atoms with Crippen molar-refractivity contribution in [1.29, 1.82) is 5.26 Å². The first-order chi connectivity index (χ1) is 15.9. The van der Waals surface area contributed by atoms with Gasteiger partial charge in [-0.3, -0.25) is 9.36 Å². The van der Waals surface area contributed by atoms with Crippen LogP contribution in [0.25, 0.3) is 5.69 Å². The number of carbonyl (C=O) groups excluding carboxylic acids is 2. The van der Waals surface area contributed by atoms with Crippen LogP contribution in [0, 0.1) is 25.2 Å². The quantitative estimate of drug-likeness (QED) is 0.520. The molecule has 1 amide bonds. The van der Waals surface area contributed by atoms with Gasteiger partial charge in [0.25, 0.3) is 5.91 Å². The number of anilines is 1. The van der Waals surface area contributed by atoms with Crippen molar-refractivity contribution in [1.82, 2.24) is 4.57 Å². The number of nitriles is 1. The highest BCUT2D eigenvalue weighted by Gasteiger charge is 2.21. The van der Waals surface area contributed by atoms with Crippen LogP contribution in [0.5, 0.6) is 11.5 Å². The van der Waals surface area contributed by atoms with Gasteiger partial charge in [-0.2, -0.15) is 5.26 Å². The molecule has 0 saturated carbocycles. The van der Waals surface area contributed by atoms with Gasteiger partial charge in [0.2, 0.25) is 0 Å². The maximum atomic E-state index is 12.6. The molecule has 8 heteroatoms. The molecule has 1 N–H and O–H groups in total. The van der Waals surface area contributed by atoms with Crippen LogP contribution < -0.4 is 14.8 Å². The Balaban J connectivity index is 1.77. The molecule has 0 radical (unpaired) electrons. The smallest absolute Gasteiger partial charge is 0.338 e. The van der Waals surface area contributed by atoms with E-state index in [1.807, 2.05) is 51.1 Å². The number of methoxy groups -OCH3 is 1. The topological polar surface area (TPSA) is 103 Å². The Labute approximate surface area is 192 Å². The van der Waals surface area contributed by atoms with Gasteiger partial charge in [-0.1, -0.05) is 18.2 Å². The average Bonchev–Trinajstić information content (AvgIpc) is 3.06. The van der Waals surface area contributed by atoms with E-state index in [9.17, 15) is 14.9 Å². The molecule has 33 heavy (non-hydrogen) atoms. The number of hydrogen-bond donors (Lipinski definition) is 1. The van der Waals surface area contributed by atoms with Crippen LogP contribution in [0.4, 0.5) is 5.82 Å². The van der Waals surface area contributed by atoms with E-state index < -0.39 is 18.5 Å². The van der Waals surface area contributed by atoms with Crippen LogP contribution in [0.1, 0.15) is 34.1 Å². The van der Waals surface area contributed by atoms with Crippen molar-refractivity contribution in [2.24, 2.45) is 0 Å². The highest BCUT2D eigenvalue weighted by molar-refractivity contribution is 5.96. The molecule has 0 unspecified atom stereocenters. The Hall–Kier alpha value is -4.25. The summed E-state index contributed by atoms with van der Waals surface area (Å²) in [6, 6.07) is 16.2. The van der Waals surface area contributed by atoms with Crippen molar-refractivity contribution >= 4 is 17.7 Å². The minimum absolute atomic E-state index is 0.226. The van der Waals surface area contributed by atoms with Crippen molar-refractivity contribution in [3.8, 4) is 23.3 Å². The summed E-state index contributed by atoms with van der Waals surface area (Å²) in [7, 11) is 1.50. The third-order valence-corrected chi connectivity index (χ3v) is 5.13. The fraction of sp³-hybridized carbons (Fsp3) is 0.240. The lowest BCUT2D eigenvalue weighted by Crippen LogP contribution is -2.23. The van der Waals surface area contributed by atoms with Gasteiger partial charge in [0.15, 0.2) is 18.1 Å². The Morgan fingerprint density at radius 3 is 2.45 bits per heavy atom. The van der Waals surface area contributed by atoms with Gasteiger partial charge in [-0.15, -0.1) is 0 Å². The number of para-hydroxylation sites is 1. The van der Waals surface area contributed by atoms with Crippen LogP contribution in [-0.4, -0.2) is 36.8 Å². The van der Waals surface area contributed by atoms with E-state index >= 15 is 0 Å². The zero-order chi connectivity index (χ0) is 24.0. The van der Waals surface area contributed by atoms with E-state index in [0.29, 0.717) is 29.5 Å². The summed E-state index contributed by atoms with van der Waals surface area (Å²) >= 11 is 0. The molecule has 0 aliphatic rings. The van der Waals surface area contributed by atoms with Gasteiger partial charge in [-0.05, 0) is 56.7 Å². The summed E-state index contributed by atoms with van der Waals surface area (Å²) in [6.45, 7) is 5.40. The van der Waals surface area contributed by atoms with E-state index in [2.05, 4.69) is 11.4 Å². The third-order valence-electron chi connectivity index (χ3n) is 5.13. The number of aromatic nitrogens is 1. The van der Waals surface area contributed by atoms with Gasteiger partial charge < -0.3 is 19.5 Å². The lowest BCUT2D eigenvalue weighted by Gasteiger charge is -2.13. The number of ether oxygens (including phenoxy) is 3. The second-order valence-electron chi connectivity index (χ2n) is 7.14. The maximum Gasteiger partial charge on any atom is 0.338 e. The zero-order valence-electron chi connectivity index (χ0n) is 19.0. The molecule has 0 aliphatic heterocycles. The van der Waals surface area contributed by atoms with Crippen LogP contribution in [0.2, 0.25) is 0 Å². The Morgan fingerprint density at radius 1 is 1.09 bits per heavy atom. The van der Waals surface area contributed by atoms with Gasteiger partial charge in [-0.25, -0.2) is 4.79 Å². The first-order valence-electron chi connectivity index (χ1n) is 10.4. The van der Waals surface area contributed by atoms with Crippen LogP contribution in [0.3, 0.4) is 0 Å². The second-order valence-corrected chi connectivity index (χ2v) is 7.14. The second kappa shape index (κ2) is 10.4. The lowest BCUT2D eigenvalue weighted by atomic mass is 10.2. The van der Waals surface area contributed by atoms with Gasteiger partial charge in [0, 0.05) is 11.4 Å². The molecule has 0 saturated heterocycles. The molecule has 3 aromatic rings. The standard InChI is InChI=1S/C25H25N3O5/c1-5-32-22-13-18(11-12-21(22)31-4)25(30)33-15-23(29)27-24-20(14-26)16(2)17(3)28(24)19-9-7-6-8-10-19/h6-13H,5,15H2,1-4H3,(H,27,29). The summed E-state index contributed by atoms with van der Waals surface area (Å²) in [5.74, 6) is -0.0113. The van der Waals surface area contributed by atoms with Gasteiger partial charge >= 0.3 is 5.97 Å². The average molecular weight is 447 g/mol. The van der Waals surface area contributed by atoms with Crippen molar-refractivity contribution < 1.29 is 23.8 Å². The highest BCUT2D eigenvalue weighted by Crippen LogP contribution is 2.30. The molecule has 0 bridgehead atoms. The SMILES string of the molecule is CCOc1cc(C(=O)OCC(=O)Nc2c(C#N)c(C)c(C)n2-c2ccccc2)ccc1OC. The molecule has 3 rings (SSSR count). The number of amides is 1. The molecule has 0 fully saturated rings. The first-order valence-corrected chi connectivity index (χ1v) is 10.4. The van der Waals surface area contributed by atoms with Crippen molar-refractivity contribution in [3.63, 3.8) is 0 Å². The Bertz CT molecular complexity index is 1210. The van der Waals surface area contributed by atoms with Crippen LogP contribution in [0.15, 0.2) is 48.5 Å². The minimum atomic E-state index is -0.680. The molecule has 1 aromatic heterocycles. The first kappa shape index (κ1) is 23.4. The lowest BCUT2D eigenvalue weighted by molar-refractivity contribution is -0.119. The molecule has 0 aliphatic carbocycles. The Morgan fingerprint density at radius 2 is 1.82 bits per heavy atom. The molecule has 170 valence electrons. The molecule has 8 nitrogen and oxygen atoms in total. The number of benzene rings is 2. The number of hydrogen-bond acceptors (Lipinski definition) is 6. The largest absolute Gasteiger partial charge is 0.493 e. The molecule has 1 heterocycles. The Kier molecular flexibility index (Phi) is 7.36. The summed E-state index contributed by atoms with van der Waals surface area (Å²) in [5.41, 5.74) is 2.97. The normalized spacial score (nSPS) is 10.3. The third kappa shape index (κ3) is 4.99. The van der Waals surface area contributed by atoms with E-state index in [0.717, 1.165) is 16.9 Å². The minimum Gasteiger partial charge on any atom is -0.493 e. The number of carbonyl (C=O) groups is 2. The van der Waals surface area contributed by atoms with Gasteiger partial charge in [0.05, 0.1) is 24.8 Å². The predicted octanol–water partition coefficient (Wildman–Crippen LogP) is 4.17. The van der Waals surface area contributed by atoms with E-state index in [-0.39, 0.29) is 5.56 Å². The fourth-order valence-electron chi connectivity index (χ4n) is 3.42. The maximum absolute atomic E-state index is 12.6. The number of rotatable bonds is 8. The molecule has 0 atom stereocenters. The fourth-order valence-corrected chi connectivity index (χ4v) is 3.42. The molecule has 0 spiro atoms. The molecular formula is C25H25N3O5. The molecular weight excluding hydrogens is 422 g/mol.